The number of aliphatic hydroxyl groups is 4. The van der Waals surface area contributed by atoms with Crippen LogP contribution in [0.25, 0.3) is 6.08 Å². The first-order chi connectivity index (χ1) is 17.9. The number of carboxylic acid groups (broad SMARTS) is 1. The minimum absolute atomic E-state index is 0.0714. The van der Waals surface area contributed by atoms with Crippen molar-refractivity contribution < 1.29 is 69.4 Å². The Hall–Kier alpha value is -4.24. The third-order valence-corrected chi connectivity index (χ3v) is 5.89. The van der Waals surface area contributed by atoms with Crippen molar-refractivity contribution in [3.8, 4) is 28.7 Å². The number of hydrogen-bond donors (Lipinski definition) is 8. The molecular formula is C24H25O14+. The summed E-state index contributed by atoms with van der Waals surface area (Å²) in [5.74, 6) is -4.00. The summed E-state index contributed by atoms with van der Waals surface area (Å²) in [6.07, 6.45) is -9.17. The van der Waals surface area contributed by atoms with E-state index in [-0.39, 0.29) is 34.1 Å². The van der Waals surface area contributed by atoms with Crippen molar-refractivity contribution in [2.45, 2.75) is 43.2 Å². The van der Waals surface area contributed by atoms with Crippen LogP contribution in [0.5, 0.6) is 28.7 Å². The molecule has 2 aliphatic heterocycles. The van der Waals surface area contributed by atoms with Gasteiger partial charge in [0.2, 0.25) is 6.29 Å². The Kier molecular flexibility index (Phi) is 7.50. The van der Waals surface area contributed by atoms with Gasteiger partial charge in [-0.05, 0) is 18.2 Å². The van der Waals surface area contributed by atoms with E-state index < -0.39 is 73.3 Å². The van der Waals surface area contributed by atoms with Gasteiger partial charge in [-0.2, -0.15) is 0 Å². The van der Waals surface area contributed by atoms with Crippen LogP contribution < -0.4 is 0 Å². The molecule has 38 heavy (non-hydrogen) atoms. The van der Waals surface area contributed by atoms with Gasteiger partial charge < -0.3 is 59.8 Å². The van der Waals surface area contributed by atoms with Crippen molar-refractivity contribution in [3.63, 3.8) is 0 Å². The minimum Gasteiger partial charge on any atom is -0.571 e. The molecule has 2 aliphatic rings. The molecule has 1 fully saturated rings. The Labute approximate surface area is 213 Å². The largest absolute Gasteiger partial charge is 0.571 e. The van der Waals surface area contributed by atoms with E-state index in [2.05, 4.69) is 4.74 Å². The van der Waals surface area contributed by atoms with E-state index in [9.17, 15) is 45.3 Å². The fourth-order valence-corrected chi connectivity index (χ4v) is 3.97. The Morgan fingerprint density at radius 1 is 0.921 bits per heavy atom. The quantitative estimate of drug-likeness (QED) is 0.0980. The number of rotatable bonds is 7. The van der Waals surface area contributed by atoms with Gasteiger partial charge in [0, 0.05) is 12.1 Å². The SMILES string of the molecule is O=C(O)CC(=O)OC[C@H]1O[C@@H](OC2=Cc3c(O)cc(O)cc3[OH+]C2c2ccc(O)c(O)c2)[C@H](O)[C@H](O)[C@@H]1O. The summed E-state index contributed by atoms with van der Waals surface area (Å²) in [7, 11) is 0. The van der Waals surface area contributed by atoms with Gasteiger partial charge in [-0.3, -0.25) is 9.59 Å². The van der Waals surface area contributed by atoms with Gasteiger partial charge in [-0.1, -0.05) is 0 Å². The first kappa shape index (κ1) is 26.8. The summed E-state index contributed by atoms with van der Waals surface area (Å²) in [5.41, 5.74) is 0.409. The van der Waals surface area contributed by atoms with E-state index in [4.69, 9.17) is 19.3 Å². The van der Waals surface area contributed by atoms with Crippen molar-refractivity contribution >= 4 is 18.0 Å². The van der Waals surface area contributed by atoms with Crippen molar-refractivity contribution in [2.24, 2.45) is 0 Å². The molecule has 1 saturated heterocycles. The van der Waals surface area contributed by atoms with Crippen LogP contribution in [-0.2, 0) is 23.8 Å². The molecule has 2 aromatic carbocycles. The zero-order valence-electron chi connectivity index (χ0n) is 19.4. The van der Waals surface area contributed by atoms with Crippen LogP contribution >= 0.6 is 0 Å². The van der Waals surface area contributed by atoms with Gasteiger partial charge in [0.25, 0.3) is 11.9 Å². The molecule has 1 unspecified atom stereocenters. The number of benzene rings is 2. The zero-order valence-corrected chi connectivity index (χ0v) is 19.4. The number of carbonyl (C=O) groups is 2. The lowest BCUT2D eigenvalue weighted by Crippen LogP contribution is -2.59. The highest BCUT2D eigenvalue weighted by Gasteiger charge is 2.47. The molecule has 2 heterocycles. The average molecular weight is 537 g/mol. The van der Waals surface area contributed by atoms with Crippen LogP contribution in [0, 0.1) is 0 Å². The lowest BCUT2D eigenvalue weighted by molar-refractivity contribution is -0.296. The molecule has 204 valence electrons. The molecule has 14 heteroatoms. The molecule has 0 radical (unpaired) electrons. The maximum Gasteiger partial charge on any atom is 0.317 e. The standard InChI is InChI=1S/C24H24O14/c25-10-4-13(27)11-6-16(23(36-15(11)5-10)9-1-2-12(26)14(28)3-9)37-24-22(34)21(33)20(32)17(38-24)8-35-19(31)7-18(29)30/h1-6,17,20-28,32-34H,7-8H2,(H,29,30)/p+1/t17-,20-,21-,22-,23?,24-/m1/s1. The first-order valence-electron chi connectivity index (χ1n) is 11.2. The van der Waals surface area contributed by atoms with Gasteiger partial charge in [-0.25, -0.2) is 0 Å². The van der Waals surface area contributed by atoms with Crippen LogP contribution in [0.1, 0.15) is 23.7 Å². The highest BCUT2D eigenvalue weighted by molar-refractivity contribution is 5.90. The lowest BCUT2D eigenvalue weighted by atomic mass is 9.98. The summed E-state index contributed by atoms with van der Waals surface area (Å²) in [5, 5.41) is 79.7. The molecule has 6 atom stereocenters. The second-order valence-electron chi connectivity index (χ2n) is 8.61. The number of aromatic hydroxyl groups is 5. The molecule has 9 N–H and O–H groups in total. The summed E-state index contributed by atoms with van der Waals surface area (Å²) in [6, 6.07) is 6.12. The maximum atomic E-state index is 11.6. The number of phenolic OH excluding ortho intramolecular Hbond substituents is 4. The number of esters is 1. The van der Waals surface area contributed by atoms with Crippen LogP contribution in [-0.4, -0.2) is 94.8 Å². The summed E-state index contributed by atoms with van der Waals surface area (Å²) < 4.78 is 20.6. The molecule has 2 aromatic rings. The summed E-state index contributed by atoms with van der Waals surface area (Å²) in [6.45, 7) is -0.668. The smallest absolute Gasteiger partial charge is 0.317 e. The van der Waals surface area contributed by atoms with Gasteiger partial charge in [0.15, 0.2) is 17.3 Å². The van der Waals surface area contributed by atoms with Gasteiger partial charge >= 0.3 is 11.9 Å². The highest BCUT2D eigenvalue weighted by atomic mass is 16.7. The normalized spacial score (nSPS) is 26.4. The van der Waals surface area contributed by atoms with Gasteiger partial charge in [0.1, 0.15) is 54.5 Å². The van der Waals surface area contributed by atoms with Crippen LogP contribution in [0.2, 0.25) is 0 Å². The second kappa shape index (κ2) is 10.6. The Bertz CT molecular complexity index is 1260. The van der Waals surface area contributed by atoms with Gasteiger partial charge in [-0.15, -0.1) is 0 Å². The number of aliphatic carboxylic acids is 1. The number of aliphatic hydroxyl groups excluding tert-OH is 3. The Morgan fingerprint density at radius 2 is 1.66 bits per heavy atom. The summed E-state index contributed by atoms with van der Waals surface area (Å²) >= 11 is 0. The third-order valence-electron chi connectivity index (χ3n) is 5.89. The average Bonchev–Trinajstić information content (AvgIpc) is 2.84. The fraction of sp³-hybridized carbons (Fsp3) is 0.333. The number of fused-ring (bicyclic) bond motifs is 1. The number of phenols is 4. The summed E-state index contributed by atoms with van der Waals surface area (Å²) in [4.78, 5) is 22.2. The molecule has 4 rings (SSSR count). The minimum atomic E-state index is -1.83. The van der Waals surface area contributed by atoms with Gasteiger partial charge in [0.05, 0.1) is 11.6 Å². The van der Waals surface area contributed by atoms with E-state index in [1.807, 2.05) is 0 Å². The zero-order chi connectivity index (χ0) is 27.7. The molecule has 0 bridgehead atoms. The van der Waals surface area contributed by atoms with Crippen molar-refractivity contribution in [1.82, 2.24) is 0 Å². The first-order valence-corrected chi connectivity index (χ1v) is 11.2. The highest BCUT2D eigenvalue weighted by Crippen LogP contribution is 2.46. The van der Waals surface area contributed by atoms with E-state index in [0.29, 0.717) is 0 Å². The molecule has 0 aliphatic carbocycles. The van der Waals surface area contributed by atoms with Crippen molar-refractivity contribution in [3.05, 3.63) is 47.2 Å². The molecular weight excluding hydrogens is 512 g/mol. The number of ether oxygens (including phenoxy) is 4. The fourth-order valence-electron chi connectivity index (χ4n) is 3.97. The molecule has 0 saturated carbocycles. The van der Waals surface area contributed by atoms with Crippen LogP contribution in [0.3, 0.4) is 0 Å². The van der Waals surface area contributed by atoms with Crippen molar-refractivity contribution in [2.75, 3.05) is 6.61 Å². The molecule has 0 spiro atoms. The lowest BCUT2D eigenvalue weighted by Gasteiger charge is -2.40. The predicted octanol–water partition coefficient (Wildman–Crippen LogP) is -0.312. The Balaban J connectivity index is 1.63. The third kappa shape index (κ3) is 5.52. The van der Waals surface area contributed by atoms with E-state index >= 15 is 0 Å². The van der Waals surface area contributed by atoms with E-state index in [1.54, 1.807) is 0 Å². The van der Waals surface area contributed by atoms with Crippen LogP contribution in [0.15, 0.2) is 36.1 Å². The van der Waals surface area contributed by atoms with Crippen molar-refractivity contribution in [1.29, 1.82) is 0 Å². The topological polar surface area (TPSA) is 236 Å². The molecule has 14 nitrogen and oxygen atoms in total. The molecule has 0 amide bonds. The number of carbonyl (C=O) groups excluding carboxylic acids is 1. The molecule has 0 aromatic heterocycles. The number of hydrogen-bond acceptors (Lipinski definition) is 12. The number of carboxylic acids is 1. The monoisotopic (exact) mass is 537 g/mol. The Morgan fingerprint density at radius 3 is 2.34 bits per heavy atom. The van der Waals surface area contributed by atoms with E-state index in [1.165, 1.54) is 30.3 Å². The second-order valence-corrected chi connectivity index (χ2v) is 8.61. The maximum absolute atomic E-state index is 11.6. The van der Waals surface area contributed by atoms with Crippen LogP contribution in [0.4, 0.5) is 0 Å². The predicted molar refractivity (Wildman–Crippen MR) is 123 cm³/mol. The van der Waals surface area contributed by atoms with E-state index in [0.717, 1.165) is 6.07 Å².